The average molecular weight is 415 g/mol. The van der Waals surface area contributed by atoms with E-state index in [0.29, 0.717) is 19.0 Å². The topological polar surface area (TPSA) is 57.7 Å². The Morgan fingerprint density at radius 2 is 1.90 bits per heavy atom. The van der Waals surface area contributed by atoms with Crippen LogP contribution in [0.1, 0.15) is 25.7 Å². The molecule has 1 aromatic heterocycles. The van der Waals surface area contributed by atoms with Gasteiger partial charge in [-0.3, -0.25) is 4.79 Å². The summed E-state index contributed by atoms with van der Waals surface area (Å²) >= 11 is 1.66. The van der Waals surface area contributed by atoms with Crippen LogP contribution in [0, 0.1) is 11.8 Å². The molecule has 1 atom stereocenters. The number of hydrogen-bond donors (Lipinski definition) is 1. The largest absolute Gasteiger partial charge is 0.365 e. The number of aromatic nitrogens is 1. The molecule has 3 fully saturated rings. The number of thiazole rings is 1. The number of ether oxygens (including phenoxy) is 1. The molecule has 3 aliphatic rings. The Labute approximate surface area is 176 Å². The van der Waals surface area contributed by atoms with Crippen LogP contribution in [0.3, 0.4) is 0 Å². The molecule has 0 bridgehead atoms. The fourth-order valence-electron chi connectivity index (χ4n) is 4.46. The maximum Gasteiger partial charge on any atom is 0.248 e. The molecule has 2 aliphatic heterocycles. The molecule has 6 nitrogen and oxygen atoms in total. The zero-order chi connectivity index (χ0) is 19.6. The molecule has 0 spiro atoms. The van der Waals surface area contributed by atoms with Gasteiger partial charge in [0.1, 0.15) is 6.61 Å². The second-order valence-electron chi connectivity index (χ2n) is 8.79. The van der Waals surface area contributed by atoms with Crippen molar-refractivity contribution in [1.82, 2.24) is 14.8 Å². The average Bonchev–Trinajstić information content (AvgIpc) is 3.45. The first-order chi connectivity index (χ1) is 14.2. The van der Waals surface area contributed by atoms with Crippen molar-refractivity contribution in [3.05, 3.63) is 24.3 Å². The van der Waals surface area contributed by atoms with E-state index in [0.717, 1.165) is 23.1 Å². The van der Waals surface area contributed by atoms with Crippen LogP contribution in [0.4, 0.5) is 5.13 Å². The van der Waals surface area contributed by atoms with Crippen molar-refractivity contribution in [3.63, 3.8) is 0 Å². The molecule has 0 unspecified atom stereocenters. The summed E-state index contributed by atoms with van der Waals surface area (Å²) in [5.74, 6) is 1.74. The number of benzene rings is 1. The second kappa shape index (κ2) is 8.58. The Bertz CT molecular complexity index is 811. The molecule has 2 aromatic rings. The summed E-state index contributed by atoms with van der Waals surface area (Å²) in [6, 6.07) is 8.17. The number of amides is 1. The van der Waals surface area contributed by atoms with Crippen LogP contribution in [0.15, 0.2) is 24.3 Å². The van der Waals surface area contributed by atoms with Gasteiger partial charge in [0.15, 0.2) is 5.13 Å². The summed E-state index contributed by atoms with van der Waals surface area (Å²) in [6.07, 6.45) is 5.30. The van der Waals surface area contributed by atoms with E-state index in [2.05, 4.69) is 21.3 Å². The minimum Gasteiger partial charge on any atom is -0.365 e. The number of nitrogens with one attached hydrogen (secondary N) is 1. The first-order valence-corrected chi connectivity index (χ1v) is 11.8. The zero-order valence-corrected chi connectivity index (χ0v) is 17.7. The van der Waals surface area contributed by atoms with Gasteiger partial charge in [-0.15, -0.1) is 0 Å². The Kier molecular flexibility index (Phi) is 5.70. The summed E-state index contributed by atoms with van der Waals surface area (Å²) < 4.78 is 6.97. The quantitative estimate of drug-likeness (QED) is 0.755. The minimum atomic E-state index is 0.0228. The number of anilines is 1. The zero-order valence-electron chi connectivity index (χ0n) is 16.9. The van der Waals surface area contributed by atoms with Crippen LogP contribution in [0.5, 0.6) is 0 Å². The summed E-state index contributed by atoms with van der Waals surface area (Å²) in [4.78, 5) is 21.7. The number of morpholine rings is 1. The lowest BCUT2D eigenvalue weighted by Gasteiger charge is -2.38. The lowest BCUT2D eigenvalue weighted by Crippen LogP contribution is -2.51. The number of para-hydroxylation sites is 1. The van der Waals surface area contributed by atoms with E-state index in [1.54, 1.807) is 11.3 Å². The molecule has 1 N–H and O–H groups in total. The third-order valence-corrected chi connectivity index (χ3v) is 7.39. The number of carbonyl (C=O) groups excluding carboxylic acids is 1. The number of nitrogens with zero attached hydrogens (tertiary/aromatic N) is 3. The fraction of sp³-hybridized carbons (Fsp3) is 0.636. The van der Waals surface area contributed by atoms with Gasteiger partial charge in [-0.05, 0) is 62.7 Å². The molecule has 1 aromatic carbocycles. The summed E-state index contributed by atoms with van der Waals surface area (Å²) in [5.41, 5.74) is 1.02. The van der Waals surface area contributed by atoms with Crippen molar-refractivity contribution in [2.75, 3.05) is 51.2 Å². The molecule has 3 heterocycles. The molecule has 1 saturated carbocycles. The molecule has 1 aliphatic carbocycles. The van der Waals surface area contributed by atoms with Crippen molar-refractivity contribution in [3.8, 4) is 0 Å². The Morgan fingerprint density at radius 3 is 2.69 bits per heavy atom. The van der Waals surface area contributed by atoms with Crippen molar-refractivity contribution in [2.24, 2.45) is 11.8 Å². The van der Waals surface area contributed by atoms with Crippen LogP contribution in [-0.2, 0) is 9.53 Å². The molecule has 0 radical (unpaired) electrons. The molecule has 156 valence electrons. The van der Waals surface area contributed by atoms with E-state index >= 15 is 0 Å². The van der Waals surface area contributed by atoms with E-state index in [-0.39, 0.29) is 18.6 Å². The lowest BCUT2D eigenvalue weighted by molar-refractivity contribution is -0.149. The standard InChI is InChI=1S/C22H30N4O2S/c27-21-15-28-18(11-23-22-24-19-3-1-2-4-20(19)29-22)14-26(21)13-17-7-9-25(10-8-17)12-16-5-6-16/h1-4,16-18H,5-15H2,(H,23,24)/t18-/m1/s1. The minimum absolute atomic E-state index is 0.0228. The number of fused-ring (bicyclic) bond motifs is 1. The highest BCUT2D eigenvalue weighted by Gasteiger charge is 2.31. The summed E-state index contributed by atoms with van der Waals surface area (Å²) in [6.45, 7) is 6.14. The Balaban J connectivity index is 1.10. The van der Waals surface area contributed by atoms with Gasteiger partial charge >= 0.3 is 0 Å². The first kappa shape index (κ1) is 19.3. The monoisotopic (exact) mass is 414 g/mol. The lowest BCUT2D eigenvalue weighted by atomic mass is 9.95. The fourth-order valence-corrected chi connectivity index (χ4v) is 5.33. The van der Waals surface area contributed by atoms with Gasteiger partial charge in [-0.2, -0.15) is 0 Å². The van der Waals surface area contributed by atoms with E-state index in [4.69, 9.17) is 4.74 Å². The van der Waals surface area contributed by atoms with Gasteiger partial charge in [0.05, 0.1) is 16.3 Å². The number of carbonyl (C=O) groups is 1. The van der Waals surface area contributed by atoms with Gasteiger partial charge in [0, 0.05) is 26.2 Å². The third kappa shape index (κ3) is 4.90. The van der Waals surface area contributed by atoms with Crippen LogP contribution in [0.2, 0.25) is 0 Å². The SMILES string of the molecule is O=C1CO[C@H](CNc2nc3ccccc3s2)CN1CC1CCN(CC2CC2)CC1. The molecule has 29 heavy (non-hydrogen) atoms. The third-order valence-electron chi connectivity index (χ3n) is 6.39. The van der Waals surface area contributed by atoms with Crippen LogP contribution in [-0.4, -0.2) is 72.7 Å². The van der Waals surface area contributed by atoms with Crippen molar-refractivity contribution in [2.45, 2.75) is 31.8 Å². The number of likely N-dealkylation sites (tertiary alicyclic amines) is 1. The highest BCUT2D eigenvalue weighted by Crippen LogP contribution is 2.31. The molecule has 7 heteroatoms. The van der Waals surface area contributed by atoms with Crippen LogP contribution >= 0.6 is 11.3 Å². The Hall–Kier alpha value is -1.70. The highest BCUT2D eigenvalue weighted by atomic mass is 32.1. The summed E-state index contributed by atoms with van der Waals surface area (Å²) in [5, 5.41) is 4.33. The van der Waals surface area contributed by atoms with Crippen LogP contribution in [0.25, 0.3) is 10.2 Å². The molecule has 5 rings (SSSR count). The molecule has 1 amide bonds. The number of piperidine rings is 1. The van der Waals surface area contributed by atoms with E-state index < -0.39 is 0 Å². The van der Waals surface area contributed by atoms with E-state index in [1.165, 1.54) is 50.0 Å². The van der Waals surface area contributed by atoms with Crippen LogP contribution < -0.4 is 5.32 Å². The summed E-state index contributed by atoms with van der Waals surface area (Å²) in [7, 11) is 0. The molecular formula is C22H30N4O2S. The number of hydrogen-bond acceptors (Lipinski definition) is 6. The first-order valence-electron chi connectivity index (χ1n) is 10.9. The van der Waals surface area contributed by atoms with Crippen molar-refractivity contribution >= 4 is 32.6 Å². The smallest absolute Gasteiger partial charge is 0.248 e. The van der Waals surface area contributed by atoms with Gasteiger partial charge in [0.2, 0.25) is 5.91 Å². The predicted octanol–water partition coefficient (Wildman–Crippen LogP) is 3.06. The maximum atomic E-state index is 12.4. The normalized spacial score (nSPS) is 24.3. The van der Waals surface area contributed by atoms with Crippen molar-refractivity contribution < 1.29 is 9.53 Å². The molecule has 2 saturated heterocycles. The van der Waals surface area contributed by atoms with E-state index in [1.807, 2.05) is 23.1 Å². The predicted molar refractivity (Wildman–Crippen MR) is 116 cm³/mol. The van der Waals surface area contributed by atoms with E-state index in [9.17, 15) is 4.79 Å². The maximum absolute atomic E-state index is 12.4. The van der Waals surface area contributed by atoms with Gasteiger partial charge in [-0.25, -0.2) is 4.98 Å². The Morgan fingerprint density at radius 1 is 1.10 bits per heavy atom. The highest BCUT2D eigenvalue weighted by molar-refractivity contribution is 7.22. The van der Waals surface area contributed by atoms with Gasteiger partial charge < -0.3 is 19.9 Å². The van der Waals surface area contributed by atoms with Crippen molar-refractivity contribution in [1.29, 1.82) is 0 Å². The molecular weight excluding hydrogens is 384 g/mol. The van der Waals surface area contributed by atoms with Gasteiger partial charge in [0.25, 0.3) is 0 Å². The van der Waals surface area contributed by atoms with Gasteiger partial charge in [-0.1, -0.05) is 23.5 Å². The second-order valence-corrected chi connectivity index (χ2v) is 9.82. The number of rotatable bonds is 7.